The molecule has 4 nitrogen and oxygen atoms in total. The summed E-state index contributed by atoms with van der Waals surface area (Å²) in [6.07, 6.45) is 0. The van der Waals surface area contributed by atoms with E-state index in [0.29, 0.717) is 12.5 Å². The van der Waals surface area contributed by atoms with Gasteiger partial charge in [0.05, 0.1) is 0 Å². The molecular weight excluding hydrogens is 234 g/mol. The molecule has 0 spiro atoms. The molecule has 0 aliphatic carbocycles. The lowest BCUT2D eigenvalue weighted by molar-refractivity contribution is 0.249. The second kappa shape index (κ2) is 5.93. The molecule has 0 saturated carbocycles. The number of primary amides is 1. The van der Waals surface area contributed by atoms with Crippen molar-refractivity contribution in [2.24, 2.45) is 5.73 Å². The van der Waals surface area contributed by atoms with Gasteiger partial charge in [0, 0.05) is 36.2 Å². The SMILES string of the molecule is NC(=O)NCCNCC1CSc2ccccc21. The Hall–Kier alpha value is -1.20. The molecule has 2 amide bonds. The van der Waals surface area contributed by atoms with Crippen molar-refractivity contribution in [3.8, 4) is 0 Å². The minimum absolute atomic E-state index is 0.464. The van der Waals surface area contributed by atoms with E-state index in [0.717, 1.165) is 18.8 Å². The predicted molar refractivity (Wildman–Crippen MR) is 70.4 cm³/mol. The van der Waals surface area contributed by atoms with Crippen molar-refractivity contribution >= 4 is 17.8 Å². The molecule has 0 bridgehead atoms. The summed E-state index contributed by atoms with van der Waals surface area (Å²) >= 11 is 1.91. The van der Waals surface area contributed by atoms with Crippen LogP contribution in [0.5, 0.6) is 0 Å². The molecule has 17 heavy (non-hydrogen) atoms. The maximum atomic E-state index is 10.5. The number of hydrogen-bond acceptors (Lipinski definition) is 3. The second-order valence-corrected chi connectivity index (χ2v) is 5.10. The average molecular weight is 251 g/mol. The lowest BCUT2D eigenvalue weighted by Crippen LogP contribution is -2.36. The molecule has 1 atom stereocenters. The van der Waals surface area contributed by atoms with Crippen molar-refractivity contribution in [3.63, 3.8) is 0 Å². The summed E-state index contributed by atoms with van der Waals surface area (Å²) in [6.45, 7) is 2.29. The number of benzene rings is 1. The molecule has 0 aromatic heterocycles. The lowest BCUT2D eigenvalue weighted by atomic mass is 10.0. The van der Waals surface area contributed by atoms with Crippen molar-refractivity contribution in [2.45, 2.75) is 10.8 Å². The van der Waals surface area contributed by atoms with Gasteiger partial charge in [0.2, 0.25) is 0 Å². The van der Waals surface area contributed by atoms with E-state index in [-0.39, 0.29) is 0 Å². The van der Waals surface area contributed by atoms with Crippen LogP contribution in [0.1, 0.15) is 11.5 Å². The first-order chi connectivity index (χ1) is 8.27. The molecular formula is C12H17N3OS. The van der Waals surface area contributed by atoms with Gasteiger partial charge < -0.3 is 16.4 Å². The molecule has 1 aromatic rings. The number of rotatable bonds is 5. The van der Waals surface area contributed by atoms with Gasteiger partial charge in [0.1, 0.15) is 0 Å². The number of hydrogen-bond donors (Lipinski definition) is 3. The van der Waals surface area contributed by atoms with Gasteiger partial charge in [-0.15, -0.1) is 11.8 Å². The third-order valence-corrected chi connectivity index (χ3v) is 4.04. The number of carbonyl (C=O) groups excluding carboxylic acids is 1. The third kappa shape index (κ3) is 3.38. The zero-order chi connectivity index (χ0) is 12.1. The Labute approximate surface area is 105 Å². The van der Waals surface area contributed by atoms with Crippen LogP contribution in [0.25, 0.3) is 0 Å². The van der Waals surface area contributed by atoms with Crippen LogP contribution >= 0.6 is 11.8 Å². The summed E-state index contributed by atoms with van der Waals surface area (Å²) in [7, 11) is 0. The molecule has 1 aromatic carbocycles. The van der Waals surface area contributed by atoms with E-state index in [2.05, 4.69) is 34.9 Å². The number of thioether (sulfide) groups is 1. The molecule has 2 rings (SSSR count). The summed E-state index contributed by atoms with van der Waals surface area (Å²) in [5.74, 6) is 1.71. The molecule has 1 heterocycles. The Bertz CT molecular complexity index is 397. The predicted octanol–water partition coefficient (Wildman–Crippen LogP) is 1.13. The van der Waals surface area contributed by atoms with Gasteiger partial charge >= 0.3 is 6.03 Å². The largest absolute Gasteiger partial charge is 0.352 e. The van der Waals surface area contributed by atoms with E-state index < -0.39 is 6.03 Å². The summed E-state index contributed by atoms with van der Waals surface area (Å²) in [5.41, 5.74) is 6.42. The molecule has 0 radical (unpaired) electrons. The number of urea groups is 1. The van der Waals surface area contributed by atoms with E-state index >= 15 is 0 Å². The van der Waals surface area contributed by atoms with Crippen LogP contribution in [0.2, 0.25) is 0 Å². The first kappa shape index (κ1) is 12.3. The van der Waals surface area contributed by atoms with E-state index in [9.17, 15) is 4.79 Å². The van der Waals surface area contributed by atoms with Gasteiger partial charge in [-0.1, -0.05) is 18.2 Å². The fraction of sp³-hybridized carbons (Fsp3) is 0.417. The third-order valence-electron chi connectivity index (χ3n) is 2.79. The van der Waals surface area contributed by atoms with Crippen LogP contribution in [-0.4, -0.2) is 31.4 Å². The molecule has 0 saturated heterocycles. The van der Waals surface area contributed by atoms with Crippen LogP contribution in [0.15, 0.2) is 29.2 Å². The smallest absolute Gasteiger partial charge is 0.312 e. The topological polar surface area (TPSA) is 67.2 Å². The van der Waals surface area contributed by atoms with Gasteiger partial charge in [-0.3, -0.25) is 0 Å². The van der Waals surface area contributed by atoms with Crippen LogP contribution in [0.4, 0.5) is 4.79 Å². The lowest BCUT2D eigenvalue weighted by Gasteiger charge is -2.11. The molecule has 1 aliphatic heterocycles. The van der Waals surface area contributed by atoms with Crippen molar-refractivity contribution in [1.82, 2.24) is 10.6 Å². The molecule has 1 aliphatic rings. The number of nitrogens with two attached hydrogens (primary N) is 1. The minimum atomic E-state index is -0.464. The zero-order valence-corrected chi connectivity index (χ0v) is 10.4. The fourth-order valence-electron chi connectivity index (χ4n) is 1.95. The maximum Gasteiger partial charge on any atom is 0.312 e. The highest BCUT2D eigenvalue weighted by Gasteiger charge is 2.21. The van der Waals surface area contributed by atoms with Gasteiger partial charge in [0.15, 0.2) is 0 Å². The van der Waals surface area contributed by atoms with Crippen LogP contribution in [0, 0.1) is 0 Å². The standard InChI is InChI=1S/C12H17N3OS/c13-12(16)15-6-5-14-7-9-8-17-11-4-2-1-3-10(9)11/h1-4,9,14H,5-8H2,(H3,13,15,16). The fourth-order valence-corrected chi connectivity index (χ4v) is 3.20. The monoisotopic (exact) mass is 251 g/mol. The Balaban J connectivity index is 1.73. The molecule has 0 fully saturated rings. The average Bonchev–Trinajstić information content (AvgIpc) is 2.72. The number of amides is 2. The zero-order valence-electron chi connectivity index (χ0n) is 9.61. The van der Waals surface area contributed by atoms with Crippen molar-refractivity contribution in [2.75, 3.05) is 25.4 Å². The van der Waals surface area contributed by atoms with Gasteiger partial charge in [-0.2, -0.15) is 0 Å². The number of fused-ring (bicyclic) bond motifs is 1. The first-order valence-corrected chi connectivity index (χ1v) is 6.71. The van der Waals surface area contributed by atoms with Crippen molar-refractivity contribution in [1.29, 1.82) is 0 Å². The molecule has 92 valence electrons. The van der Waals surface area contributed by atoms with Crippen molar-refractivity contribution < 1.29 is 4.79 Å². The van der Waals surface area contributed by atoms with E-state index in [1.165, 1.54) is 10.5 Å². The Morgan fingerprint density at radius 3 is 3.06 bits per heavy atom. The minimum Gasteiger partial charge on any atom is -0.352 e. The van der Waals surface area contributed by atoms with E-state index in [1.807, 2.05) is 11.8 Å². The van der Waals surface area contributed by atoms with Crippen LogP contribution in [-0.2, 0) is 0 Å². The highest BCUT2D eigenvalue weighted by Crippen LogP contribution is 2.38. The quantitative estimate of drug-likeness (QED) is 0.687. The summed E-state index contributed by atoms with van der Waals surface area (Å²) in [6, 6.07) is 8.08. The summed E-state index contributed by atoms with van der Waals surface area (Å²) < 4.78 is 0. The molecule has 1 unspecified atom stereocenters. The van der Waals surface area contributed by atoms with Crippen LogP contribution < -0.4 is 16.4 Å². The van der Waals surface area contributed by atoms with Gasteiger partial charge in [-0.05, 0) is 11.6 Å². The van der Waals surface area contributed by atoms with Crippen molar-refractivity contribution in [3.05, 3.63) is 29.8 Å². The highest BCUT2D eigenvalue weighted by molar-refractivity contribution is 7.99. The molecule has 5 heteroatoms. The Morgan fingerprint density at radius 2 is 2.24 bits per heavy atom. The Morgan fingerprint density at radius 1 is 1.41 bits per heavy atom. The number of carbonyl (C=O) groups is 1. The Kier molecular flexibility index (Phi) is 4.28. The maximum absolute atomic E-state index is 10.5. The van der Waals surface area contributed by atoms with E-state index in [1.54, 1.807) is 0 Å². The molecule has 4 N–H and O–H groups in total. The van der Waals surface area contributed by atoms with E-state index in [4.69, 9.17) is 5.73 Å². The van der Waals surface area contributed by atoms with Gasteiger partial charge in [-0.25, -0.2) is 4.79 Å². The first-order valence-electron chi connectivity index (χ1n) is 5.73. The second-order valence-electron chi connectivity index (χ2n) is 4.04. The summed E-state index contributed by atoms with van der Waals surface area (Å²) in [5, 5.41) is 5.90. The van der Waals surface area contributed by atoms with Crippen LogP contribution in [0.3, 0.4) is 0 Å². The highest BCUT2D eigenvalue weighted by atomic mass is 32.2. The summed E-state index contributed by atoms with van der Waals surface area (Å²) in [4.78, 5) is 11.9. The van der Waals surface area contributed by atoms with Gasteiger partial charge in [0.25, 0.3) is 0 Å². The normalized spacial score (nSPS) is 17.8. The number of nitrogens with one attached hydrogen (secondary N) is 2.